The van der Waals surface area contributed by atoms with E-state index in [-0.39, 0.29) is 18.2 Å². The predicted molar refractivity (Wildman–Crippen MR) is 108 cm³/mol. The second kappa shape index (κ2) is 7.95. The molecule has 0 aliphatic carbocycles. The number of aromatic nitrogens is 5. The largest absolute Gasteiger partial charge is 0.451 e. The van der Waals surface area contributed by atoms with Crippen LogP contribution < -0.4 is 5.32 Å². The number of pyridine rings is 1. The Hall–Kier alpha value is -3.53. The zero-order chi connectivity index (χ0) is 21.3. The summed E-state index contributed by atoms with van der Waals surface area (Å²) in [6.45, 7) is 1.34. The minimum atomic E-state index is -1.31. The number of nitrogens with zero attached hydrogens (tertiary/aromatic N) is 5. The lowest BCUT2D eigenvalue weighted by Crippen LogP contribution is -2.36. The predicted octanol–water partition coefficient (Wildman–Crippen LogP) is 2.63. The Kier molecular flexibility index (Phi) is 4.99. The van der Waals surface area contributed by atoms with Crippen molar-refractivity contribution < 1.29 is 18.3 Å². The van der Waals surface area contributed by atoms with Crippen LogP contribution in [0, 0.1) is 0 Å². The maximum absolute atomic E-state index is 14.8. The Balaban J connectivity index is 1.22. The topological polar surface area (TPSA) is 99.5 Å². The van der Waals surface area contributed by atoms with Gasteiger partial charge in [-0.15, -0.1) is 0 Å². The fraction of sp³-hybridized carbons (Fsp3) is 0.333. The molecule has 1 amide bonds. The lowest BCUT2D eigenvalue weighted by atomic mass is 9.97. The number of hydrogen-bond donors (Lipinski definition) is 1. The van der Waals surface area contributed by atoms with Gasteiger partial charge in [0, 0.05) is 45.0 Å². The molecule has 0 saturated carbocycles. The van der Waals surface area contributed by atoms with Gasteiger partial charge in [-0.25, -0.2) is 13.9 Å². The van der Waals surface area contributed by atoms with Gasteiger partial charge in [0.05, 0.1) is 18.3 Å². The molecule has 4 aromatic heterocycles. The van der Waals surface area contributed by atoms with Crippen LogP contribution in [0.1, 0.15) is 29.0 Å². The average molecular weight is 424 g/mol. The molecule has 1 saturated heterocycles. The molecular formula is C21H21FN6O3. The highest BCUT2D eigenvalue weighted by Crippen LogP contribution is 2.28. The van der Waals surface area contributed by atoms with Gasteiger partial charge in [0.15, 0.2) is 11.4 Å². The molecule has 9 nitrogen and oxygen atoms in total. The van der Waals surface area contributed by atoms with E-state index in [1.807, 2.05) is 12.1 Å². The fourth-order valence-electron chi connectivity index (χ4n) is 3.61. The summed E-state index contributed by atoms with van der Waals surface area (Å²) in [4.78, 5) is 16.6. The zero-order valence-corrected chi connectivity index (χ0v) is 16.7. The van der Waals surface area contributed by atoms with E-state index in [0.717, 1.165) is 11.2 Å². The Morgan fingerprint density at radius 2 is 2.03 bits per heavy atom. The van der Waals surface area contributed by atoms with E-state index in [2.05, 4.69) is 20.5 Å². The highest BCUT2D eigenvalue weighted by Gasteiger charge is 2.33. The molecule has 0 atom stereocenters. The second-order valence-electron chi connectivity index (χ2n) is 7.64. The van der Waals surface area contributed by atoms with Crippen molar-refractivity contribution in [1.29, 1.82) is 0 Å². The van der Waals surface area contributed by atoms with Gasteiger partial charge in [-0.1, -0.05) is 6.07 Å². The molecule has 1 fully saturated rings. The molecule has 5 heterocycles. The van der Waals surface area contributed by atoms with Crippen LogP contribution in [0.3, 0.4) is 0 Å². The third-order valence-corrected chi connectivity index (χ3v) is 5.37. The van der Waals surface area contributed by atoms with Gasteiger partial charge in [0.1, 0.15) is 17.8 Å². The molecule has 0 unspecified atom stereocenters. The summed E-state index contributed by atoms with van der Waals surface area (Å²) in [5.74, 6) is 0.360. The lowest BCUT2D eigenvalue weighted by molar-refractivity contribution is -0.0194. The van der Waals surface area contributed by atoms with E-state index in [1.165, 1.54) is 6.33 Å². The third-order valence-electron chi connectivity index (χ3n) is 5.37. The number of amides is 1. The highest BCUT2D eigenvalue weighted by molar-refractivity contribution is 5.92. The van der Waals surface area contributed by atoms with E-state index in [9.17, 15) is 9.18 Å². The van der Waals surface area contributed by atoms with Crippen LogP contribution in [0.15, 0.2) is 53.6 Å². The maximum Gasteiger partial charge on any atom is 0.287 e. The molecule has 1 N–H and O–H groups in total. The maximum atomic E-state index is 14.8. The van der Waals surface area contributed by atoms with Crippen LogP contribution >= 0.6 is 0 Å². The molecule has 0 bridgehead atoms. The standard InChI is InChI=1S/C21H21FN6O3/c22-21(5-7-30-8-6-21)13-27-12-16(10-25-27)17-2-3-18(31-17)20(29)23-9-15-1-4-19-24-14-26-28(19)11-15/h1-4,10-12,14H,5-9,13H2,(H,23,29). The van der Waals surface area contributed by atoms with E-state index < -0.39 is 5.67 Å². The van der Waals surface area contributed by atoms with Gasteiger partial charge in [0.25, 0.3) is 5.91 Å². The van der Waals surface area contributed by atoms with Crippen LogP contribution in [0.25, 0.3) is 17.0 Å². The minimum Gasteiger partial charge on any atom is -0.451 e. The summed E-state index contributed by atoms with van der Waals surface area (Å²) < 4.78 is 29.0. The summed E-state index contributed by atoms with van der Waals surface area (Å²) in [5.41, 5.74) is 0.992. The Morgan fingerprint density at radius 1 is 1.16 bits per heavy atom. The van der Waals surface area contributed by atoms with Gasteiger partial charge >= 0.3 is 0 Å². The first kappa shape index (κ1) is 19.4. The van der Waals surface area contributed by atoms with E-state index in [0.29, 0.717) is 43.9 Å². The highest BCUT2D eigenvalue weighted by atomic mass is 19.1. The Morgan fingerprint density at radius 3 is 2.90 bits per heavy atom. The minimum absolute atomic E-state index is 0.167. The quantitative estimate of drug-likeness (QED) is 0.511. The first-order chi connectivity index (χ1) is 15.1. The van der Waals surface area contributed by atoms with Crippen molar-refractivity contribution in [3.8, 4) is 11.3 Å². The molecule has 1 aliphatic rings. The van der Waals surface area contributed by atoms with Crippen LogP contribution in [0.4, 0.5) is 4.39 Å². The number of rotatable bonds is 6. The van der Waals surface area contributed by atoms with Crippen molar-refractivity contribution in [2.75, 3.05) is 13.2 Å². The van der Waals surface area contributed by atoms with Crippen LogP contribution in [0.5, 0.6) is 0 Å². The fourth-order valence-corrected chi connectivity index (χ4v) is 3.61. The summed E-state index contributed by atoms with van der Waals surface area (Å²) in [6, 6.07) is 7.02. The Labute approximate surface area is 176 Å². The smallest absolute Gasteiger partial charge is 0.287 e. The Bertz CT molecular complexity index is 1210. The lowest BCUT2D eigenvalue weighted by Gasteiger charge is -2.29. The molecule has 0 aromatic carbocycles. The third kappa shape index (κ3) is 4.19. The average Bonchev–Trinajstić information content (AvgIpc) is 3.52. The van der Waals surface area contributed by atoms with Crippen molar-refractivity contribution in [1.82, 2.24) is 29.7 Å². The number of ether oxygens (including phenoxy) is 1. The first-order valence-corrected chi connectivity index (χ1v) is 10.0. The van der Waals surface area contributed by atoms with Crippen molar-refractivity contribution in [3.63, 3.8) is 0 Å². The SMILES string of the molecule is O=C(NCc1ccc2ncnn2c1)c1ccc(-c2cnn(CC3(F)CCOCC3)c2)o1. The van der Waals surface area contributed by atoms with Crippen molar-refractivity contribution in [3.05, 3.63) is 60.5 Å². The van der Waals surface area contributed by atoms with Gasteiger partial charge in [0.2, 0.25) is 0 Å². The molecule has 10 heteroatoms. The second-order valence-corrected chi connectivity index (χ2v) is 7.64. The summed E-state index contributed by atoms with van der Waals surface area (Å²) in [7, 11) is 0. The van der Waals surface area contributed by atoms with Crippen molar-refractivity contribution in [2.45, 2.75) is 31.6 Å². The van der Waals surface area contributed by atoms with Crippen LogP contribution in [-0.2, 0) is 17.8 Å². The van der Waals surface area contributed by atoms with E-state index in [1.54, 1.807) is 39.9 Å². The normalized spacial score (nSPS) is 15.9. The number of carbonyl (C=O) groups is 1. The molecule has 160 valence electrons. The molecule has 5 rings (SSSR count). The number of furan rings is 1. The molecule has 0 radical (unpaired) electrons. The first-order valence-electron chi connectivity index (χ1n) is 10.0. The van der Waals surface area contributed by atoms with Crippen molar-refractivity contribution in [2.24, 2.45) is 0 Å². The summed E-state index contributed by atoms with van der Waals surface area (Å²) in [6.07, 6.45) is 7.33. The number of halogens is 1. The molecule has 31 heavy (non-hydrogen) atoms. The number of alkyl halides is 1. The summed E-state index contributed by atoms with van der Waals surface area (Å²) >= 11 is 0. The van der Waals surface area contributed by atoms with Gasteiger partial charge in [-0.3, -0.25) is 9.48 Å². The van der Waals surface area contributed by atoms with E-state index >= 15 is 0 Å². The monoisotopic (exact) mass is 424 g/mol. The number of fused-ring (bicyclic) bond motifs is 1. The zero-order valence-electron chi connectivity index (χ0n) is 16.7. The molecular weight excluding hydrogens is 403 g/mol. The van der Waals surface area contributed by atoms with Crippen molar-refractivity contribution >= 4 is 11.6 Å². The summed E-state index contributed by atoms with van der Waals surface area (Å²) in [5, 5.41) is 11.2. The van der Waals surface area contributed by atoms with Crippen LogP contribution in [-0.4, -0.2) is 49.2 Å². The number of carbonyl (C=O) groups excluding carboxylic acids is 1. The van der Waals surface area contributed by atoms with Gasteiger partial charge in [-0.2, -0.15) is 10.2 Å². The van der Waals surface area contributed by atoms with Crippen LogP contribution in [0.2, 0.25) is 0 Å². The molecule has 1 aliphatic heterocycles. The number of nitrogens with one attached hydrogen (secondary N) is 1. The number of hydrogen-bond acceptors (Lipinski definition) is 6. The van der Waals surface area contributed by atoms with Gasteiger partial charge < -0.3 is 14.5 Å². The molecule has 4 aromatic rings. The molecule has 0 spiro atoms. The van der Waals surface area contributed by atoms with Gasteiger partial charge in [-0.05, 0) is 23.8 Å². The van der Waals surface area contributed by atoms with E-state index in [4.69, 9.17) is 9.15 Å².